The molecule has 1 heteroatoms. The molecule has 1 aromatic rings. The summed E-state index contributed by atoms with van der Waals surface area (Å²) in [7, 11) is 0. The van der Waals surface area contributed by atoms with Gasteiger partial charge in [-0.3, -0.25) is 0 Å². The van der Waals surface area contributed by atoms with Gasteiger partial charge in [0.05, 0.1) is 0 Å². The van der Waals surface area contributed by atoms with Gasteiger partial charge in [0.25, 0.3) is 0 Å². The van der Waals surface area contributed by atoms with Crippen molar-refractivity contribution in [1.82, 2.24) is 5.32 Å². The van der Waals surface area contributed by atoms with Crippen LogP contribution in [0, 0.1) is 12.8 Å². The number of nitrogens with one attached hydrogen (secondary N) is 1. The molecule has 1 aromatic carbocycles. The van der Waals surface area contributed by atoms with Crippen LogP contribution in [0.2, 0.25) is 0 Å². The van der Waals surface area contributed by atoms with Crippen LogP contribution >= 0.6 is 0 Å². The van der Waals surface area contributed by atoms with Gasteiger partial charge in [-0.2, -0.15) is 0 Å². The maximum Gasteiger partial charge on any atom is 0.00967 e. The molecule has 1 N–H and O–H groups in total. The average molecular weight is 261 g/mol. The third-order valence-corrected chi connectivity index (χ3v) is 3.94. The molecule has 0 bridgehead atoms. The molecule has 0 aliphatic carbocycles. The fraction of sp³-hybridized carbons (Fsp3) is 0.667. The van der Waals surface area contributed by atoms with Crippen LogP contribution in [0.25, 0.3) is 0 Å². The largest absolute Gasteiger partial charge is 0.311 e. The normalized spacial score (nSPS) is 13.8. The Balaban J connectivity index is 2.91. The minimum Gasteiger partial charge on any atom is -0.311 e. The van der Waals surface area contributed by atoms with Crippen LogP contribution in [-0.2, 0) is 0 Å². The van der Waals surface area contributed by atoms with Gasteiger partial charge in [-0.1, -0.05) is 56.5 Å². The molecule has 0 heterocycles. The van der Waals surface area contributed by atoms with Gasteiger partial charge in [-0.25, -0.2) is 0 Å². The van der Waals surface area contributed by atoms with E-state index in [1.54, 1.807) is 0 Å². The number of hydrogen-bond acceptors (Lipinski definition) is 1. The summed E-state index contributed by atoms with van der Waals surface area (Å²) in [5, 5.41) is 3.69. The van der Waals surface area contributed by atoms with E-state index in [4.69, 9.17) is 0 Å². The minimum atomic E-state index is 0.189. The summed E-state index contributed by atoms with van der Waals surface area (Å²) in [5.74, 6) is 1.38. The summed E-state index contributed by atoms with van der Waals surface area (Å²) in [5.41, 5.74) is 3.04. The lowest BCUT2D eigenvalue weighted by molar-refractivity contribution is 0.335. The molecule has 19 heavy (non-hydrogen) atoms. The van der Waals surface area contributed by atoms with Gasteiger partial charge in [-0.15, -0.1) is 0 Å². The topological polar surface area (TPSA) is 12.0 Å². The van der Waals surface area contributed by atoms with E-state index in [9.17, 15) is 0 Å². The summed E-state index contributed by atoms with van der Waals surface area (Å²) in [6.45, 7) is 14.6. The molecule has 108 valence electrons. The van der Waals surface area contributed by atoms with E-state index in [1.807, 2.05) is 0 Å². The zero-order chi connectivity index (χ0) is 14.5. The number of hydrogen-bond donors (Lipinski definition) is 1. The van der Waals surface area contributed by atoms with Gasteiger partial charge >= 0.3 is 0 Å². The number of aryl methyl sites for hydroxylation is 1. The second kappa shape index (κ2) is 7.09. The molecular weight excluding hydrogens is 230 g/mol. The molecular formula is C18H31N. The second-order valence-corrected chi connectivity index (χ2v) is 6.73. The molecule has 1 rings (SSSR count). The van der Waals surface area contributed by atoms with Crippen molar-refractivity contribution in [3.8, 4) is 0 Å². The molecule has 0 amide bonds. The van der Waals surface area contributed by atoms with Crippen LogP contribution in [0.3, 0.4) is 0 Å². The summed E-state index contributed by atoms with van der Waals surface area (Å²) in [4.78, 5) is 0. The molecule has 1 unspecified atom stereocenters. The lowest BCUT2D eigenvalue weighted by Gasteiger charge is -2.30. The van der Waals surface area contributed by atoms with Crippen molar-refractivity contribution in [2.75, 3.05) is 6.54 Å². The van der Waals surface area contributed by atoms with Crippen molar-refractivity contribution in [3.63, 3.8) is 0 Å². The lowest BCUT2D eigenvalue weighted by atomic mass is 9.81. The van der Waals surface area contributed by atoms with E-state index in [0.717, 1.165) is 12.5 Å². The molecule has 0 spiro atoms. The maximum absolute atomic E-state index is 3.69. The van der Waals surface area contributed by atoms with Crippen molar-refractivity contribution in [2.24, 2.45) is 5.92 Å². The fourth-order valence-corrected chi connectivity index (χ4v) is 2.73. The quantitative estimate of drug-likeness (QED) is 0.767. The number of rotatable bonds is 6. The van der Waals surface area contributed by atoms with Crippen molar-refractivity contribution >= 4 is 0 Å². The Kier molecular flexibility index (Phi) is 6.06. The highest BCUT2D eigenvalue weighted by molar-refractivity contribution is 5.26. The maximum atomic E-state index is 3.69. The number of benzene rings is 1. The summed E-state index contributed by atoms with van der Waals surface area (Å²) >= 11 is 0. The predicted octanol–water partition coefficient (Wildman–Crippen LogP) is 4.90. The zero-order valence-electron chi connectivity index (χ0n) is 13.6. The summed E-state index contributed by atoms with van der Waals surface area (Å²) in [6.07, 6.45) is 2.50. The van der Waals surface area contributed by atoms with Gasteiger partial charge in [0.15, 0.2) is 0 Å². The standard InChI is InChI=1S/C18H31N/c1-7-15(8-2)17(13-19-18(4,5)6)16-11-9-10-14(3)12-16/h9-12,15,17,19H,7-8,13H2,1-6H3. The molecule has 0 radical (unpaired) electrons. The monoisotopic (exact) mass is 261 g/mol. The highest BCUT2D eigenvalue weighted by Crippen LogP contribution is 2.30. The van der Waals surface area contributed by atoms with Gasteiger partial charge in [0.1, 0.15) is 0 Å². The second-order valence-electron chi connectivity index (χ2n) is 6.73. The molecule has 0 saturated carbocycles. The molecule has 0 fully saturated rings. The van der Waals surface area contributed by atoms with Gasteiger partial charge < -0.3 is 5.32 Å². The molecule has 1 nitrogen and oxygen atoms in total. The Bertz CT molecular complexity index is 372. The Morgan fingerprint density at radius 3 is 2.21 bits per heavy atom. The van der Waals surface area contributed by atoms with Crippen LogP contribution in [0.4, 0.5) is 0 Å². The van der Waals surface area contributed by atoms with Crippen LogP contribution < -0.4 is 5.32 Å². The smallest absolute Gasteiger partial charge is 0.00967 e. The molecule has 0 aliphatic rings. The first-order valence-corrected chi connectivity index (χ1v) is 7.69. The Hall–Kier alpha value is -0.820. The molecule has 0 saturated heterocycles. The lowest BCUT2D eigenvalue weighted by Crippen LogP contribution is -2.40. The Morgan fingerprint density at radius 2 is 1.74 bits per heavy atom. The predicted molar refractivity (Wildman–Crippen MR) is 85.7 cm³/mol. The first kappa shape index (κ1) is 16.2. The van der Waals surface area contributed by atoms with E-state index < -0.39 is 0 Å². The van der Waals surface area contributed by atoms with E-state index in [-0.39, 0.29) is 5.54 Å². The molecule has 0 aromatic heterocycles. The third kappa shape index (κ3) is 5.36. The van der Waals surface area contributed by atoms with Crippen molar-refractivity contribution in [1.29, 1.82) is 0 Å². The average Bonchev–Trinajstić information content (AvgIpc) is 2.33. The highest BCUT2D eigenvalue weighted by Gasteiger charge is 2.22. The van der Waals surface area contributed by atoms with Crippen molar-refractivity contribution in [3.05, 3.63) is 35.4 Å². The van der Waals surface area contributed by atoms with E-state index >= 15 is 0 Å². The van der Waals surface area contributed by atoms with E-state index in [1.165, 1.54) is 24.0 Å². The van der Waals surface area contributed by atoms with Gasteiger partial charge in [-0.05, 0) is 45.1 Å². The van der Waals surface area contributed by atoms with Crippen LogP contribution in [0.15, 0.2) is 24.3 Å². The SMILES string of the molecule is CCC(CC)C(CNC(C)(C)C)c1cccc(C)c1. The van der Waals surface area contributed by atoms with Crippen LogP contribution in [-0.4, -0.2) is 12.1 Å². The van der Waals surface area contributed by atoms with E-state index in [0.29, 0.717) is 5.92 Å². The fourth-order valence-electron chi connectivity index (χ4n) is 2.73. The van der Waals surface area contributed by atoms with E-state index in [2.05, 4.69) is 71.1 Å². The molecule has 0 aliphatic heterocycles. The van der Waals surface area contributed by atoms with Crippen molar-refractivity contribution in [2.45, 2.75) is 65.8 Å². The summed E-state index contributed by atoms with van der Waals surface area (Å²) in [6, 6.07) is 9.02. The molecule has 1 atom stereocenters. The van der Waals surface area contributed by atoms with Gasteiger partial charge in [0, 0.05) is 12.1 Å². The minimum absolute atomic E-state index is 0.189. The van der Waals surface area contributed by atoms with Crippen LogP contribution in [0.5, 0.6) is 0 Å². The Morgan fingerprint density at radius 1 is 1.11 bits per heavy atom. The van der Waals surface area contributed by atoms with Crippen molar-refractivity contribution < 1.29 is 0 Å². The van der Waals surface area contributed by atoms with Crippen LogP contribution in [0.1, 0.15) is 64.5 Å². The first-order chi connectivity index (χ1) is 8.87. The zero-order valence-corrected chi connectivity index (χ0v) is 13.6. The first-order valence-electron chi connectivity index (χ1n) is 7.69. The highest BCUT2D eigenvalue weighted by atomic mass is 14.9. The third-order valence-electron chi connectivity index (χ3n) is 3.94. The Labute approximate surface area is 119 Å². The summed E-state index contributed by atoms with van der Waals surface area (Å²) < 4.78 is 0. The van der Waals surface area contributed by atoms with Gasteiger partial charge in [0.2, 0.25) is 0 Å².